The van der Waals surface area contributed by atoms with Crippen molar-refractivity contribution < 1.29 is 14.6 Å². The van der Waals surface area contributed by atoms with Crippen LogP contribution in [-0.4, -0.2) is 58.8 Å². The Balaban J connectivity index is 1.63. The molecule has 7 nitrogen and oxygen atoms in total. The summed E-state index contributed by atoms with van der Waals surface area (Å²) in [5.74, 6) is 0.948. The number of carboxylic acids is 1. The number of para-hydroxylation sites is 1. The smallest absolute Gasteiger partial charge is 0.303 e. The molecule has 140 valence electrons. The number of fused-ring (bicyclic) bond motifs is 1. The number of anilines is 1. The zero-order valence-electron chi connectivity index (χ0n) is 15.0. The predicted octanol–water partition coefficient (Wildman–Crippen LogP) is 2.52. The first-order valence-electron chi connectivity index (χ1n) is 9.24. The van der Waals surface area contributed by atoms with Gasteiger partial charge < -0.3 is 15.2 Å². The minimum Gasteiger partial charge on any atom is -0.481 e. The van der Waals surface area contributed by atoms with Gasteiger partial charge in [-0.1, -0.05) is 18.6 Å². The second-order valence-electron chi connectivity index (χ2n) is 6.53. The number of hydrogen-bond donors (Lipinski definition) is 2. The monoisotopic (exact) mass is 358 g/mol. The highest BCUT2D eigenvalue weighted by Gasteiger charge is 2.14. The molecule has 26 heavy (non-hydrogen) atoms. The first-order chi connectivity index (χ1) is 12.7. The average Bonchev–Trinajstić information content (AvgIpc) is 2.65. The lowest BCUT2D eigenvalue weighted by Gasteiger charge is -2.26. The number of morpholine rings is 1. The van der Waals surface area contributed by atoms with Crippen molar-refractivity contribution in [2.45, 2.75) is 32.2 Å². The van der Waals surface area contributed by atoms with E-state index in [9.17, 15) is 4.79 Å². The number of nitrogens with zero attached hydrogens (tertiary/aromatic N) is 3. The topological polar surface area (TPSA) is 87.6 Å². The van der Waals surface area contributed by atoms with Gasteiger partial charge in [0.25, 0.3) is 0 Å². The molecule has 7 heteroatoms. The van der Waals surface area contributed by atoms with E-state index in [0.29, 0.717) is 6.42 Å². The van der Waals surface area contributed by atoms with Crippen LogP contribution < -0.4 is 5.32 Å². The molecule has 1 aliphatic heterocycles. The zero-order chi connectivity index (χ0) is 18.2. The Hall–Kier alpha value is -2.25. The number of aliphatic carboxylic acids is 1. The highest BCUT2D eigenvalue weighted by atomic mass is 16.5. The first kappa shape index (κ1) is 18.5. The van der Waals surface area contributed by atoms with Gasteiger partial charge in [0.2, 0.25) is 0 Å². The van der Waals surface area contributed by atoms with Crippen LogP contribution in [0.3, 0.4) is 0 Å². The molecular formula is C19H26N4O3. The molecule has 1 saturated heterocycles. The molecule has 0 spiro atoms. The number of aromatic nitrogens is 2. The van der Waals surface area contributed by atoms with Crippen molar-refractivity contribution >= 4 is 22.7 Å². The normalized spacial score (nSPS) is 15.2. The zero-order valence-corrected chi connectivity index (χ0v) is 15.0. The SMILES string of the molecule is O=C(O)CCCCCNc1nc(CN2CCOCC2)nc2ccccc12. The van der Waals surface area contributed by atoms with Gasteiger partial charge in [-0.3, -0.25) is 9.69 Å². The van der Waals surface area contributed by atoms with Crippen molar-refractivity contribution in [2.24, 2.45) is 0 Å². The van der Waals surface area contributed by atoms with E-state index < -0.39 is 5.97 Å². The molecule has 0 amide bonds. The van der Waals surface area contributed by atoms with Gasteiger partial charge in [0, 0.05) is 31.4 Å². The summed E-state index contributed by atoms with van der Waals surface area (Å²) in [5, 5.41) is 13.1. The summed E-state index contributed by atoms with van der Waals surface area (Å²) in [6.07, 6.45) is 2.76. The van der Waals surface area contributed by atoms with Gasteiger partial charge in [-0.15, -0.1) is 0 Å². The van der Waals surface area contributed by atoms with Crippen LogP contribution in [0, 0.1) is 0 Å². The molecule has 1 aliphatic rings. The highest BCUT2D eigenvalue weighted by molar-refractivity contribution is 5.88. The van der Waals surface area contributed by atoms with E-state index in [1.165, 1.54) is 0 Å². The van der Waals surface area contributed by atoms with Crippen LogP contribution in [-0.2, 0) is 16.1 Å². The van der Waals surface area contributed by atoms with Crippen LogP contribution >= 0.6 is 0 Å². The minimum absolute atomic E-state index is 0.236. The maximum atomic E-state index is 10.6. The van der Waals surface area contributed by atoms with Gasteiger partial charge in [0.15, 0.2) is 0 Å². The molecular weight excluding hydrogens is 332 g/mol. The van der Waals surface area contributed by atoms with E-state index in [0.717, 1.165) is 74.8 Å². The fourth-order valence-electron chi connectivity index (χ4n) is 3.07. The van der Waals surface area contributed by atoms with Crippen molar-refractivity contribution in [1.29, 1.82) is 0 Å². The molecule has 2 N–H and O–H groups in total. The third-order valence-corrected chi connectivity index (χ3v) is 4.48. The molecule has 2 heterocycles. The van der Waals surface area contributed by atoms with E-state index in [-0.39, 0.29) is 6.42 Å². The third-order valence-electron chi connectivity index (χ3n) is 4.48. The van der Waals surface area contributed by atoms with E-state index in [1.807, 2.05) is 24.3 Å². The minimum atomic E-state index is -0.729. The predicted molar refractivity (Wildman–Crippen MR) is 100 cm³/mol. The van der Waals surface area contributed by atoms with Crippen LogP contribution in [0.25, 0.3) is 10.9 Å². The van der Waals surface area contributed by atoms with E-state index in [4.69, 9.17) is 19.8 Å². The Morgan fingerprint density at radius 3 is 2.77 bits per heavy atom. The van der Waals surface area contributed by atoms with Gasteiger partial charge in [-0.05, 0) is 25.0 Å². The maximum absolute atomic E-state index is 10.6. The largest absolute Gasteiger partial charge is 0.481 e. The van der Waals surface area contributed by atoms with Gasteiger partial charge in [-0.25, -0.2) is 9.97 Å². The van der Waals surface area contributed by atoms with Crippen molar-refractivity contribution in [2.75, 3.05) is 38.2 Å². The second-order valence-corrected chi connectivity index (χ2v) is 6.53. The molecule has 1 fully saturated rings. The standard InChI is InChI=1S/C19H26N4O3/c24-18(25)8-2-1-5-9-20-19-15-6-3-4-7-16(15)21-17(22-19)14-23-10-12-26-13-11-23/h3-4,6-7H,1-2,5,8-14H2,(H,24,25)(H,20,21,22). The Bertz CT molecular complexity index is 732. The van der Waals surface area contributed by atoms with Crippen molar-refractivity contribution in [3.63, 3.8) is 0 Å². The van der Waals surface area contributed by atoms with Crippen LogP contribution in [0.15, 0.2) is 24.3 Å². The molecule has 0 aliphatic carbocycles. The number of rotatable bonds is 9. The molecule has 1 aromatic heterocycles. The lowest BCUT2D eigenvalue weighted by atomic mass is 10.2. The van der Waals surface area contributed by atoms with Crippen LogP contribution in [0.5, 0.6) is 0 Å². The molecule has 0 radical (unpaired) electrons. The van der Waals surface area contributed by atoms with Crippen LogP contribution in [0.1, 0.15) is 31.5 Å². The average molecular weight is 358 g/mol. The fourth-order valence-corrected chi connectivity index (χ4v) is 3.07. The quantitative estimate of drug-likeness (QED) is 0.666. The van der Waals surface area contributed by atoms with E-state index in [1.54, 1.807) is 0 Å². The fraction of sp³-hybridized carbons (Fsp3) is 0.526. The lowest BCUT2D eigenvalue weighted by Crippen LogP contribution is -2.36. The van der Waals surface area contributed by atoms with E-state index in [2.05, 4.69) is 10.2 Å². The first-order valence-corrected chi connectivity index (χ1v) is 9.24. The summed E-state index contributed by atoms with van der Waals surface area (Å²) >= 11 is 0. The Morgan fingerprint density at radius 1 is 1.15 bits per heavy atom. The van der Waals surface area contributed by atoms with Crippen molar-refractivity contribution in [1.82, 2.24) is 14.9 Å². The summed E-state index contributed by atoms with van der Waals surface area (Å²) in [4.78, 5) is 22.3. The third kappa shape index (κ3) is 5.37. The number of nitrogens with one attached hydrogen (secondary N) is 1. The molecule has 0 unspecified atom stereocenters. The second kappa shape index (κ2) is 9.45. The molecule has 0 bridgehead atoms. The van der Waals surface area contributed by atoms with Gasteiger partial charge in [0.1, 0.15) is 11.6 Å². The van der Waals surface area contributed by atoms with Crippen LogP contribution in [0.2, 0.25) is 0 Å². The summed E-state index contributed by atoms with van der Waals surface area (Å²) in [6, 6.07) is 8.02. The molecule has 0 saturated carbocycles. The molecule has 2 aromatic rings. The molecule has 3 rings (SSSR count). The highest BCUT2D eigenvalue weighted by Crippen LogP contribution is 2.21. The number of unbranched alkanes of at least 4 members (excludes halogenated alkanes) is 2. The summed E-state index contributed by atoms with van der Waals surface area (Å²) < 4.78 is 5.40. The number of ether oxygens (including phenoxy) is 1. The maximum Gasteiger partial charge on any atom is 0.303 e. The van der Waals surface area contributed by atoms with Gasteiger partial charge >= 0.3 is 5.97 Å². The Morgan fingerprint density at radius 2 is 1.96 bits per heavy atom. The number of carboxylic acid groups (broad SMARTS) is 1. The Kier molecular flexibility index (Phi) is 6.74. The van der Waals surface area contributed by atoms with Crippen LogP contribution in [0.4, 0.5) is 5.82 Å². The molecule has 0 atom stereocenters. The Labute approximate surface area is 153 Å². The number of carbonyl (C=O) groups is 1. The summed E-state index contributed by atoms with van der Waals surface area (Å²) in [5.41, 5.74) is 0.944. The van der Waals surface area contributed by atoms with Crippen molar-refractivity contribution in [3.8, 4) is 0 Å². The summed E-state index contributed by atoms with van der Waals surface area (Å²) in [7, 11) is 0. The number of benzene rings is 1. The number of hydrogen-bond acceptors (Lipinski definition) is 6. The van der Waals surface area contributed by atoms with Gasteiger partial charge in [0.05, 0.1) is 25.3 Å². The van der Waals surface area contributed by atoms with Crippen molar-refractivity contribution in [3.05, 3.63) is 30.1 Å². The summed E-state index contributed by atoms with van der Waals surface area (Å²) in [6.45, 7) is 4.83. The lowest BCUT2D eigenvalue weighted by molar-refractivity contribution is -0.137. The molecule has 1 aromatic carbocycles. The van der Waals surface area contributed by atoms with E-state index >= 15 is 0 Å². The van der Waals surface area contributed by atoms with Gasteiger partial charge in [-0.2, -0.15) is 0 Å².